The van der Waals surface area contributed by atoms with E-state index in [4.69, 9.17) is 4.74 Å². The molecule has 2 unspecified atom stereocenters. The van der Waals surface area contributed by atoms with Crippen molar-refractivity contribution in [2.75, 3.05) is 20.1 Å². The van der Waals surface area contributed by atoms with Crippen LogP contribution in [-0.2, 0) is 4.74 Å². The predicted octanol–water partition coefficient (Wildman–Crippen LogP) is 0.958. The fraction of sp³-hybridized carbons (Fsp3) is 0.909. The summed E-state index contributed by atoms with van der Waals surface area (Å²) in [6, 6.07) is -0.299. The molecule has 7 heteroatoms. The van der Waals surface area contributed by atoms with Crippen LogP contribution >= 0.6 is 0 Å². The zero-order chi connectivity index (χ0) is 13.8. The summed E-state index contributed by atoms with van der Waals surface area (Å²) >= 11 is 0. The van der Waals surface area contributed by atoms with Gasteiger partial charge >= 0.3 is 6.09 Å². The maximum Gasteiger partial charge on any atom is 0.410 e. The number of ether oxygens (including phenoxy) is 1. The quantitative estimate of drug-likeness (QED) is 0.560. The molecule has 0 aromatic heterocycles. The van der Waals surface area contributed by atoms with E-state index in [1.807, 2.05) is 20.8 Å². The average Bonchev–Trinajstić information content (AvgIpc) is 2.25. The van der Waals surface area contributed by atoms with Gasteiger partial charge in [0.05, 0.1) is 6.54 Å². The smallest absolute Gasteiger partial charge is 0.410 e. The third-order valence-electron chi connectivity index (χ3n) is 2.49. The fourth-order valence-corrected chi connectivity index (χ4v) is 1.66. The second kappa shape index (κ2) is 5.93. The van der Waals surface area contributed by atoms with E-state index in [-0.39, 0.29) is 12.6 Å². The Bertz CT molecular complexity index is 358. The van der Waals surface area contributed by atoms with Gasteiger partial charge in [-0.1, -0.05) is 0 Å². The van der Waals surface area contributed by atoms with E-state index in [0.717, 1.165) is 0 Å². The summed E-state index contributed by atoms with van der Waals surface area (Å²) in [5.74, 6) is 0. The van der Waals surface area contributed by atoms with E-state index in [1.54, 1.807) is 0 Å². The zero-order valence-electron chi connectivity index (χ0n) is 11.3. The molecule has 0 radical (unpaired) electrons. The highest BCUT2D eigenvalue weighted by Gasteiger charge is 2.34. The minimum absolute atomic E-state index is 0.211. The molecule has 1 N–H and O–H groups in total. The SMILES string of the molecule is CN=[N+]=NC1CCN(C(=O)OC(C)(C)C)CC1O. The van der Waals surface area contributed by atoms with Crippen molar-refractivity contribution in [3.8, 4) is 0 Å². The number of amides is 1. The van der Waals surface area contributed by atoms with E-state index in [9.17, 15) is 9.90 Å². The van der Waals surface area contributed by atoms with Crippen LogP contribution in [0, 0.1) is 0 Å². The van der Waals surface area contributed by atoms with Gasteiger partial charge in [-0.2, -0.15) is 0 Å². The molecule has 1 fully saturated rings. The number of hydrogen-bond acceptors (Lipinski definition) is 5. The molecule has 1 aliphatic rings. The van der Waals surface area contributed by atoms with E-state index < -0.39 is 17.8 Å². The van der Waals surface area contributed by atoms with Crippen LogP contribution < -0.4 is 4.91 Å². The predicted molar refractivity (Wildman–Crippen MR) is 65.1 cm³/mol. The van der Waals surface area contributed by atoms with Gasteiger partial charge in [-0.05, 0) is 27.2 Å². The number of β-amino-alcohol motifs (C(OH)–C–C–N with tert-alkyl or cyclic N) is 1. The van der Waals surface area contributed by atoms with Crippen LogP contribution in [0.3, 0.4) is 0 Å². The fourth-order valence-electron chi connectivity index (χ4n) is 1.66. The summed E-state index contributed by atoms with van der Waals surface area (Å²) in [7, 11) is 1.52. The molecule has 0 bridgehead atoms. The van der Waals surface area contributed by atoms with Gasteiger partial charge in [0, 0.05) is 6.54 Å². The molecule has 0 spiro atoms. The summed E-state index contributed by atoms with van der Waals surface area (Å²) in [4.78, 5) is 16.8. The van der Waals surface area contributed by atoms with Crippen LogP contribution in [0.5, 0.6) is 0 Å². The van der Waals surface area contributed by atoms with Gasteiger partial charge < -0.3 is 14.7 Å². The molecule has 7 nitrogen and oxygen atoms in total. The number of carbonyl (C=O) groups is 1. The largest absolute Gasteiger partial charge is 0.444 e. The van der Waals surface area contributed by atoms with E-state index in [0.29, 0.717) is 13.0 Å². The first-order chi connectivity index (χ1) is 8.33. The Kier molecular flexibility index (Phi) is 4.81. The summed E-state index contributed by atoms with van der Waals surface area (Å²) in [6.07, 6.45) is -0.576. The van der Waals surface area contributed by atoms with E-state index in [2.05, 4.69) is 15.1 Å². The second-order valence-corrected chi connectivity index (χ2v) is 5.25. The summed E-state index contributed by atoms with van der Waals surface area (Å²) in [5, 5.41) is 17.3. The van der Waals surface area contributed by atoms with Crippen molar-refractivity contribution in [1.29, 1.82) is 0 Å². The maximum absolute atomic E-state index is 11.8. The van der Waals surface area contributed by atoms with Crippen molar-refractivity contribution < 1.29 is 14.6 Å². The third-order valence-corrected chi connectivity index (χ3v) is 2.49. The monoisotopic (exact) mass is 257 g/mol. The lowest BCUT2D eigenvalue weighted by molar-refractivity contribution is -0.00116. The van der Waals surface area contributed by atoms with E-state index in [1.165, 1.54) is 11.9 Å². The molecule has 1 amide bonds. The van der Waals surface area contributed by atoms with Crippen LogP contribution in [0.1, 0.15) is 27.2 Å². The Morgan fingerprint density at radius 1 is 1.50 bits per heavy atom. The molecule has 18 heavy (non-hydrogen) atoms. The molecule has 0 aromatic rings. The number of carbonyl (C=O) groups excluding carboxylic acids is 1. The van der Waals surface area contributed by atoms with Gasteiger partial charge in [0.2, 0.25) is 4.91 Å². The molecular formula is C11H21N4O3+. The molecule has 0 aromatic carbocycles. The highest BCUT2D eigenvalue weighted by Crippen LogP contribution is 2.17. The summed E-state index contributed by atoms with van der Waals surface area (Å²) in [5.41, 5.74) is -0.528. The summed E-state index contributed by atoms with van der Waals surface area (Å²) < 4.78 is 5.25. The van der Waals surface area contributed by atoms with Crippen molar-refractivity contribution in [3.63, 3.8) is 0 Å². The van der Waals surface area contributed by atoms with Crippen molar-refractivity contribution in [3.05, 3.63) is 0 Å². The van der Waals surface area contributed by atoms with Crippen LogP contribution in [0.15, 0.2) is 10.2 Å². The third kappa shape index (κ3) is 4.43. The molecule has 1 saturated heterocycles. The normalized spacial score (nSPS) is 24.2. The zero-order valence-corrected chi connectivity index (χ0v) is 11.3. The van der Waals surface area contributed by atoms with Gasteiger partial charge in [-0.25, -0.2) is 4.79 Å². The molecular weight excluding hydrogens is 236 g/mol. The van der Waals surface area contributed by atoms with E-state index >= 15 is 0 Å². The Balaban J connectivity index is 2.55. The first-order valence-electron chi connectivity index (χ1n) is 5.98. The molecule has 2 atom stereocenters. The highest BCUT2D eigenvalue weighted by molar-refractivity contribution is 5.68. The molecule has 0 aliphatic carbocycles. The van der Waals surface area contributed by atoms with Crippen LogP contribution in [0.25, 0.3) is 0 Å². The van der Waals surface area contributed by atoms with Gasteiger partial charge in [-0.3, -0.25) is 0 Å². The minimum Gasteiger partial charge on any atom is -0.444 e. The number of hydrogen-bond donors (Lipinski definition) is 1. The highest BCUT2D eigenvalue weighted by atomic mass is 16.6. The van der Waals surface area contributed by atoms with Crippen molar-refractivity contribution in [1.82, 2.24) is 9.81 Å². The Morgan fingerprint density at radius 3 is 2.67 bits per heavy atom. The minimum atomic E-state index is -0.725. The topological polar surface area (TPSA) is 88.6 Å². The number of likely N-dealkylation sites (tertiary alicyclic amines) is 1. The van der Waals surface area contributed by atoms with Gasteiger partial charge in [-0.15, -0.1) is 0 Å². The Labute approximate surface area is 107 Å². The van der Waals surface area contributed by atoms with Crippen LogP contribution in [0.2, 0.25) is 0 Å². The molecule has 1 heterocycles. The number of rotatable bonds is 1. The number of piperidine rings is 1. The molecule has 0 saturated carbocycles. The van der Waals surface area contributed by atoms with Crippen molar-refractivity contribution in [2.45, 2.75) is 44.9 Å². The number of aliphatic hydroxyl groups is 1. The lowest BCUT2D eigenvalue weighted by Gasteiger charge is -2.33. The number of aliphatic hydroxyl groups excluding tert-OH is 1. The van der Waals surface area contributed by atoms with Crippen LogP contribution in [-0.4, -0.2) is 54.0 Å². The standard InChI is InChI=1S/C11H21N4O3/c1-11(2,3)18-10(17)15-6-5-8(9(16)7-15)13-14-12-4/h8-9,16H,5-7H2,1-4H3/q+1. The van der Waals surface area contributed by atoms with Gasteiger partial charge in [0.25, 0.3) is 0 Å². The molecule has 1 aliphatic heterocycles. The molecule has 1 rings (SSSR count). The lowest BCUT2D eigenvalue weighted by Crippen LogP contribution is -2.49. The average molecular weight is 257 g/mol. The van der Waals surface area contributed by atoms with Gasteiger partial charge in [0.1, 0.15) is 29.0 Å². The molecule has 102 valence electrons. The van der Waals surface area contributed by atoms with Crippen molar-refractivity contribution >= 4 is 6.09 Å². The second-order valence-electron chi connectivity index (χ2n) is 5.25. The summed E-state index contributed by atoms with van der Waals surface area (Å²) in [6.45, 7) is 6.14. The lowest BCUT2D eigenvalue weighted by atomic mass is 10.0. The van der Waals surface area contributed by atoms with Crippen LogP contribution in [0.4, 0.5) is 4.79 Å². The first kappa shape index (κ1) is 14.6. The first-order valence-corrected chi connectivity index (χ1v) is 5.98. The van der Waals surface area contributed by atoms with Crippen molar-refractivity contribution in [2.24, 2.45) is 10.2 Å². The Morgan fingerprint density at radius 2 is 2.17 bits per heavy atom. The Hall–Kier alpha value is -1.46. The number of nitrogens with zero attached hydrogens (tertiary/aromatic N) is 4. The van der Waals surface area contributed by atoms with Gasteiger partial charge in [0.15, 0.2) is 6.04 Å². The maximum atomic E-state index is 11.8.